The van der Waals surface area contributed by atoms with Crippen molar-refractivity contribution in [3.63, 3.8) is 0 Å². The molecule has 3 heterocycles. The first-order chi connectivity index (χ1) is 11.1. The van der Waals surface area contributed by atoms with Crippen molar-refractivity contribution < 1.29 is 4.79 Å². The van der Waals surface area contributed by atoms with Crippen molar-refractivity contribution in [1.29, 1.82) is 0 Å². The number of aromatic nitrogens is 3. The highest BCUT2D eigenvalue weighted by molar-refractivity contribution is 6.18. The van der Waals surface area contributed by atoms with Crippen molar-refractivity contribution in [3.05, 3.63) is 35.9 Å². The first-order valence-electron chi connectivity index (χ1n) is 7.93. The van der Waals surface area contributed by atoms with Crippen molar-refractivity contribution in [2.45, 2.75) is 32.2 Å². The van der Waals surface area contributed by atoms with Crippen molar-refractivity contribution in [3.8, 4) is 11.4 Å². The highest BCUT2D eigenvalue weighted by atomic mass is 35.5. The summed E-state index contributed by atoms with van der Waals surface area (Å²) in [7, 11) is 1.98. The molecule has 0 bridgehead atoms. The maximum atomic E-state index is 12.2. The zero-order chi connectivity index (χ0) is 16.4. The third kappa shape index (κ3) is 3.11. The van der Waals surface area contributed by atoms with Gasteiger partial charge < -0.3 is 9.47 Å². The van der Waals surface area contributed by atoms with E-state index in [-0.39, 0.29) is 11.9 Å². The molecule has 0 spiro atoms. The van der Waals surface area contributed by atoms with Gasteiger partial charge in [0.2, 0.25) is 5.91 Å². The number of halogens is 1. The summed E-state index contributed by atoms with van der Waals surface area (Å²) < 4.78 is 2.02. The molecule has 5 nitrogen and oxygen atoms in total. The van der Waals surface area contributed by atoms with Crippen LogP contribution in [0.4, 0.5) is 0 Å². The van der Waals surface area contributed by atoms with Gasteiger partial charge in [-0.25, -0.2) is 9.97 Å². The molecular weight excluding hydrogens is 312 g/mol. The van der Waals surface area contributed by atoms with E-state index in [1.165, 1.54) is 0 Å². The van der Waals surface area contributed by atoms with E-state index in [4.69, 9.17) is 16.6 Å². The monoisotopic (exact) mass is 332 g/mol. The Bertz CT molecular complexity index is 712. The van der Waals surface area contributed by atoms with Crippen LogP contribution in [0.25, 0.3) is 11.4 Å². The molecular formula is C17H21ClN4O. The third-order valence-corrected chi connectivity index (χ3v) is 4.67. The van der Waals surface area contributed by atoms with E-state index < -0.39 is 0 Å². The van der Waals surface area contributed by atoms with Gasteiger partial charge in [-0.1, -0.05) is 6.07 Å². The molecule has 1 aliphatic rings. The third-order valence-electron chi connectivity index (χ3n) is 4.48. The van der Waals surface area contributed by atoms with Crippen molar-refractivity contribution in [1.82, 2.24) is 19.4 Å². The number of rotatable bonds is 4. The molecule has 1 atom stereocenters. The second-order valence-electron chi connectivity index (χ2n) is 5.88. The summed E-state index contributed by atoms with van der Waals surface area (Å²) in [5.74, 6) is 1.43. The molecule has 1 fully saturated rings. The van der Waals surface area contributed by atoms with Crippen LogP contribution in [0, 0.1) is 6.92 Å². The fourth-order valence-corrected chi connectivity index (χ4v) is 3.28. The molecule has 0 radical (unpaired) electrons. The summed E-state index contributed by atoms with van der Waals surface area (Å²) in [5, 5.41) is 0. The quantitative estimate of drug-likeness (QED) is 0.808. The van der Waals surface area contributed by atoms with Gasteiger partial charge in [0.05, 0.1) is 29.3 Å². The Kier molecular flexibility index (Phi) is 4.66. The predicted octanol–water partition coefficient (Wildman–Crippen LogP) is 3.08. The van der Waals surface area contributed by atoms with E-state index >= 15 is 0 Å². The second kappa shape index (κ2) is 6.71. The van der Waals surface area contributed by atoms with Crippen LogP contribution in [0.1, 0.15) is 36.8 Å². The Morgan fingerprint density at radius 2 is 2.26 bits per heavy atom. The number of likely N-dealkylation sites (tertiary alicyclic amines) is 1. The van der Waals surface area contributed by atoms with Crippen LogP contribution in [0.5, 0.6) is 0 Å². The number of amides is 1. The van der Waals surface area contributed by atoms with Gasteiger partial charge in [-0.05, 0) is 31.9 Å². The number of aryl methyl sites for hydroxylation is 1. The average molecular weight is 333 g/mol. The molecule has 1 unspecified atom stereocenters. The molecule has 122 valence electrons. The number of alkyl halides is 1. The van der Waals surface area contributed by atoms with Gasteiger partial charge in [-0.2, -0.15) is 0 Å². The SMILES string of the molecule is Cc1ncc(-c2cccc(C3CCCN3C(=O)CCCl)n2)n1C. The molecule has 2 aromatic heterocycles. The minimum Gasteiger partial charge on any atom is -0.334 e. The molecule has 3 rings (SSSR count). The van der Waals surface area contributed by atoms with Gasteiger partial charge in [0.1, 0.15) is 5.82 Å². The van der Waals surface area contributed by atoms with Gasteiger partial charge in [-0.15, -0.1) is 11.6 Å². The largest absolute Gasteiger partial charge is 0.334 e. The van der Waals surface area contributed by atoms with Crippen LogP contribution in [0.3, 0.4) is 0 Å². The van der Waals surface area contributed by atoms with Gasteiger partial charge in [0, 0.05) is 25.9 Å². The number of pyridine rings is 1. The van der Waals surface area contributed by atoms with E-state index in [1.807, 2.05) is 47.8 Å². The molecule has 6 heteroatoms. The smallest absolute Gasteiger partial charge is 0.224 e. The van der Waals surface area contributed by atoms with E-state index in [0.717, 1.165) is 42.3 Å². The minimum absolute atomic E-state index is 0.0555. The summed E-state index contributed by atoms with van der Waals surface area (Å²) in [6.07, 6.45) is 4.19. The molecule has 0 aliphatic carbocycles. The highest BCUT2D eigenvalue weighted by Crippen LogP contribution is 2.32. The van der Waals surface area contributed by atoms with Crippen LogP contribution in [0.2, 0.25) is 0 Å². The van der Waals surface area contributed by atoms with Crippen LogP contribution >= 0.6 is 11.6 Å². The van der Waals surface area contributed by atoms with Gasteiger partial charge in [0.15, 0.2) is 0 Å². The van der Waals surface area contributed by atoms with Gasteiger partial charge in [-0.3, -0.25) is 4.79 Å². The van der Waals surface area contributed by atoms with E-state index in [0.29, 0.717) is 12.3 Å². The zero-order valence-corrected chi connectivity index (χ0v) is 14.3. The molecule has 0 saturated carbocycles. The molecule has 23 heavy (non-hydrogen) atoms. The molecule has 0 N–H and O–H groups in total. The number of imidazole rings is 1. The van der Waals surface area contributed by atoms with Gasteiger partial charge in [0.25, 0.3) is 0 Å². The summed E-state index contributed by atoms with van der Waals surface area (Å²) in [6.45, 7) is 2.76. The molecule has 0 aromatic carbocycles. The van der Waals surface area contributed by atoms with Crippen LogP contribution < -0.4 is 0 Å². The fourth-order valence-electron chi connectivity index (χ4n) is 3.12. The Morgan fingerprint density at radius 3 is 2.96 bits per heavy atom. The lowest BCUT2D eigenvalue weighted by atomic mass is 10.1. The van der Waals surface area contributed by atoms with E-state index in [9.17, 15) is 4.79 Å². The fraction of sp³-hybridized carbons (Fsp3) is 0.471. The Balaban J connectivity index is 1.90. The Labute approximate surface area is 141 Å². The standard InChI is InChI=1S/C17H21ClN4O/c1-12-19-11-16(21(12)2)14-6-3-5-13(20-14)15-7-4-10-22(15)17(23)8-9-18/h3,5-6,11,15H,4,7-10H2,1-2H3. The van der Waals surface area contributed by atoms with Crippen LogP contribution in [-0.2, 0) is 11.8 Å². The Hall–Kier alpha value is -1.88. The van der Waals surface area contributed by atoms with E-state index in [1.54, 1.807) is 0 Å². The summed E-state index contributed by atoms with van der Waals surface area (Å²) in [5.41, 5.74) is 2.82. The highest BCUT2D eigenvalue weighted by Gasteiger charge is 2.30. The summed E-state index contributed by atoms with van der Waals surface area (Å²) in [6, 6.07) is 6.05. The van der Waals surface area contributed by atoms with Crippen molar-refractivity contribution >= 4 is 17.5 Å². The average Bonchev–Trinajstić information content (AvgIpc) is 3.16. The number of hydrogen-bond acceptors (Lipinski definition) is 3. The Morgan fingerprint density at radius 1 is 1.43 bits per heavy atom. The lowest BCUT2D eigenvalue weighted by Crippen LogP contribution is -2.31. The first kappa shape index (κ1) is 16.0. The number of hydrogen-bond donors (Lipinski definition) is 0. The summed E-state index contributed by atoms with van der Waals surface area (Å²) >= 11 is 5.72. The topological polar surface area (TPSA) is 51.0 Å². The lowest BCUT2D eigenvalue weighted by Gasteiger charge is -2.24. The molecule has 2 aromatic rings. The number of carbonyl (C=O) groups excluding carboxylic acids is 1. The van der Waals surface area contributed by atoms with Gasteiger partial charge >= 0.3 is 0 Å². The minimum atomic E-state index is 0.0555. The number of nitrogens with zero attached hydrogens (tertiary/aromatic N) is 4. The molecule has 1 aliphatic heterocycles. The van der Waals surface area contributed by atoms with Crippen molar-refractivity contribution in [2.24, 2.45) is 7.05 Å². The molecule has 1 saturated heterocycles. The maximum Gasteiger partial charge on any atom is 0.224 e. The zero-order valence-electron chi connectivity index (χ0n) is 13.5. The molecule has 1 amide bonds. The maximum absolute atomic E-state index is 12.2. The first-order valence-corrected chi connectivity index (χ1v) is 8.46. The number of carbonyl (C=O) groups is 1. The van der Waals surface area contributed by atoms with E-state index in [2.05, 4.69) is 4.98 Å². The van der Waals surface area contributed by atoms with Crippen LogP contribution in [-0.4, -0.2) is 37.8 Å². The lowest BCUT2D eigenvalue weighted by molar-refractivity contribution is -0.131. The normalized spacial score (nSPS) is 17.7. The van der Waals surface area contributed by atoms with Crippen molar-refractivity contribution in [2.75, 3.05) is 12.4 Å². The second-order valence-corrected chi connectivity index (χ2v) is 6.26. The predicted molar refractivity (Wildman–Crippen MR) is 90.2 cm³/mol. The summed E-state index contributed by atoms with van der Waals surface area (Å²) in [4.78, 5) is 23.3. The van der Waals surface area contributed by atoms with Crippen LogP contribution in [0.15, 0.2) is 24.4 Å².